The van der Waals surface area contributed by atoms with E-state index >= 15 is 0 Å². The summed E-state index contributed by atoms with van der Waals surface area (Å²) in [5, 5.41) is 14.3. The van der Waals surface area contributed by atoms with Gasteiger partial charge in [-0.3, -0.25) is 19.7 Å². The molecule has 0 aromatic heterocycles. The van der Waals surface area contributed by atoms with E-state index in [4.69, 9.17) is 4.74 Å². The van der Waals surface area contributed by atoms with Gasteiger partial charge >= 0.3 is 0 Å². The lowest BCUT2D eigenvalue weighted by molar-refractivity contribution is -0.384. The van der Waals surface area contributed by atoms with E-state index in [9.17, 15) is 24.1 Å². The summed E-state index contributed by atoms with van der Waals surface area (Å²) in [6.45, 7) is 0.432. The lowest BCUT2D eigenvalue weighted by Gasteiger charge is -2.46. The molecule has 5 aromatic carbocycles. The maximum absolute atomic E-state index is 14.2. The van der Waals surface area contributed by atoms with Gasteiger partial charge in [0.05, 0.1) is 16.2 Å². The molecule has 0 bridgehead atoms. The number of amides is 2. The zero-order valence-corrected chi connectivity index (χ0v) is 24.6. The third-order valence-electron chi connectivity index (χ3n) is 7.65. The van der Waals surface area contributed by atoms with Crippen LogP contribution in [-0.4, -0.2) is 28.2 Å². The van der Waals surface area contributed by atoms with Crippen LogP contribution in [0.2, 0.25) is 0 Å². The van der Waals surface area contributed by atoms with Crippen molar-refractivity contribution < 1.29 is 23.6 Å². The molecule has 9 nitrogen and oxygen atoms in total. The average Bonchev–Trinajstić information content (AvgIpc) is 3.08. The molecule has 5 aromatic rings. The van der Waals surface area contributed by atoms with Crippen LogP contribution in [0.5, 0.6) is 5.75 Å². The number of halogens is 1. The molecule has 6 rings (SSSR count). The molecular formula is C36H29FN4O5. The molecule has 1 atom stereocenters. The fourth-order valence-electron chi connectivity index (χ4n) is 5.49. The maximum atomic E-state index is 14.2. The predicted octanol–water partition coefficient (Wildman–Crippen LogP) is 7.11. The highest BCUT2D eigenvalue weighted by Crippen LogP contribution is 2.42. The lowest BCUT2D eigenvalue weighted by atomic mass is 9.98. The molecule has 46 heavy (non-hydrogen) atoms. The molecule has 2 amide bonds. The van der Waals surface area contributed by atoms with Crippen LogP contribution >= 0.6 is 0 Å². The second-order valence-corrected chi connectivity index (χ2v) is 10.8. The first-order chi connectivity index (χ1) is 22.4. The van der Waals surface area contributed by atoms with Crippen molar-refractivity contribution in [2.45, 2.75) is 19.3 Å². The largest absolute Gasteiger partial charge is 0.484 e. The van der Waals surface area contributed by atoms with Gasteiger partial charge in [0.1, 0.15) is 17.7 Å². The number of hydrogen-bond donors (Lipinski definition) is 1. The van der Waals surface area contributed by atoms with Crippen molar-refractivity contribution in [2.24, 2.45) is 0 Å². The van der Waals surface area contributed by atoms with E-state index in [1.165, 1.54) is 36.4 Å². The summed E-state index contributed by atoms with van der Waals surface area (Å²) in [7, 11) is 0. The first-order valence-corrected chi connectivity index (χ1v) is 14.6. The molecule has 1 heterocycles. The van der Waals surface area contributed by atoms with Crippen LogP contribution in [0.25, 0.3) is 0 Å². The summed E-state index contributed by atoms with van der Waals surface area (Å²) < 4.78 is 18.9. The SMILES string of the molecule is O=C(COc1ccc([C@@H]2N(Cc3ccccc3)C(=O)c3cc([N+](=O)[O-])ccc3N2Cc2ccccc2)cc1)Nc1ccc(F)cc1. The van der Waals surface area contributed by atoms with E-state index in [0.717, 1.165) is 16.7 Å². The Balaban J connectivity index is 1.33. The minimum absolute atomic E-state index is 0.158. The Morgan fingerprint density at radius 2 is 1.41 bits per heavy atom. The van der Waals surface area contributed by atoms with Gasteiger partial charge in [-0.25, -0.2) is 4.39 Å². The Morgan fingerprint density at radius 1 is 0.804 bits per heavy atom. The van der Waals surface area contributed by atoms with Gasteiger partial charge in [-0.15, -0.1) is 0 Å². The van der Waals surface area contributed by atoms with Gasteiger partial charge < -0.3 is 19.9 Å². The number of hydrogen-bond acceptors (Lipinski definition) is 6. The first kappa shape index (κ1) is 30.0. The van der Waals surface area contributed by atoms with Crippen molar-refractivity contribution >= 4 is 28.9 Å². The Hall–Kier alpha value is -6.03. The van der Waals surface area contributed by atoms with Gasteiger partial charge in [0, 0.05) is 30.9 Å². The van der Waals surface area contributed by atoms with Gasteiger partial charge in [0.25, 0.3) is 17.5 Å². The molecular weight excluding hydrogens is 587 g/mol. The minimum Gasteiger partial charge on any atom is -0.484 e. The molecule has 230 valence electrons. The molecule has 0 saturated carbocycles. The standard InChI is InChI=1S/C36H29FN4O5/c37-28-13-15-29(16-14-28)38-34(42)24-46-31-18-11-27(12-19-31)35-39(22-25-7-3-1-4-8-25)33-20-17-30(41(44)45)21-32(33)36(43)40(35)23-26-9-5-2-6-10-26/h1-21,35H,22-24H2,(H,38,42)/t35-/m0/s1. The van der Waals surface area contributed by atoms with Crippen LogP contribution in [0.4, 0.5) is 21.5 Å². The highest BCUT2D eigenvalue weighted by Gasteiger charge is 2.39. The Kier molecular flexibility index (Phi) is 8.69. The number of carbonyl (C=O) groups excluding carboxylic acids is 2. The molecule has 0 saturated heterocycles. The Bertz CT molecular complexity index is 1850. The highest BCUT2D eigenvalue weighted by molar-refractivity contribution is 6.02. The van der Waals surface area contributed by atoms with Crippen LogP contribution in [0.1, 0.15) is 33.2 Å². The normalized spacial score (nSPS) is 14.0. The van der Waals surface area contributed by atoms with E-state index in [1.807, 2.05) is 72.8 Å². The summed E-state index contributed by atoms with van der Waals surface area (Å²) in [4.78, 5) is 41.6. The van der Waals surface area contributed by atoms with Crippen molar-refractivity contribution in [3.63, 3.8) is 0 Å². The molecule has 1 aliphatic heterocycles. The number of nitro benzene ring substituents is 1. The van der Waals surface area contributed by atoms with E-state index in [0.29, 0.717) is 23.7 Å². The maximum Gasteiger partial charge on any atom is 0.270 e. The topological polar surface area (TPSA) is 105 Å². The molecule has 1 N–H and O–H groups in total. The summed E-state index contributed by atoms with van der Waals surface area (Å²) in [6.07, 6.45) is -0.572. The minimum atomic E-state index is -0.572. The number of anilines is 2. The number of fused-ring (bicyclic) bond motifs is 1. The monoisotopic (exact) mass is 616 g/mol. The van der Waals surface area contributed by atoms with Crippen molar-refractivity contribution in [1.82, 2.24) is 4.90 Å². The van der Waals surface area contributed by atoms with Gasteiger partial charge in [-0.05, 0) is 59.2 Å². The molecule has 0 fully saturated rings. The van der Waals surface area contributed by atoms with Crippen molar-refractivity contribution in [3.8, 4) is 5.75 Å². The summed E-state index contributed by atoms with van der Waals surface area (Å²) >= 11 is 0. The van der Waals surface area contributed by atoms with E-state index in [2.05, 4.69) is 10.2 Å². The number of benzene rings is 5. The molecule has 0 spiro atoms. The van der Waals surface area contributed by atoms with Gasteiger partial charge in [0.15, 0.2) is 6.61 Å². The first-order valence-electron chi connectivity index (χ1n) is 14.6. The molecule has 0 aliphatic carbocycles. The van der Waals surface area contributed by atoms with Crippen LogP contribution < -0.4 is 15.0 Å². The second-order valence-electron chi connectivity index (χ2n) is 10.8. The number of carbonyl (C=O) groups is 2. The molecule has 0 radical (unpaired) electrons. The van der Waals surface area contributed by atoms with Crippen molar-refractivity contribution in [2.75, 3.05) is 16.8 Å². The Labute approximate surface area is 264 Å². The van der Waals surface area contributed by atoms with Crippen LogP contribution in [0.15, 0.2) is 127 Å². The zero-order chi connectivity index (χ0) is 32.0. The average molecular weight is 617 g/mol. The number of ether oxygens (including phenoxy) is 1. The van der Waals surface area contributed by atoms with E-state index in [1.54, 1.807) is 23.1 Å². The smallest absolute Gasteiger partial charge is 0.270 e. The molecule has 10 heteroatoms. The van der Waals surface area contributed by atoms with Gasteiger partial charge in [-0.2, -0.15) is 0 Å². The highest BCUT2D eigenvalue weighted by atomic mass is 19.1. The van der Waals surface area contributed by atoms with Gasteiger partial charge in [-0.1, -0.05) is 72.8 Å². The molecule has 1 aliphatic rings. The fraction of sp³-hybridized carbons (Fsp3) is 0.111. The Morgan fingerprint density at radius 3 is 2.02 bits per heavy atom. The number of nitrogens with zero attached hydrogens (tertiary/aromatic N) is 3. The summed E-state index contributed by atoms with van der Waals surface area (Å²) in [5.74, 6) is -0.680. The van der Waals surface area contributed by atoms with Crippen LogP contribution in [0, 0.1) is 15.9 Å². The van der Waals surface area contributed by atoms with Crippen molar-refractivity contribution in [3.05, 3.63) is 166 Å². The third-order valence-corrected chi connectivity index (χ3v) is 7.65. The molecule has 0 unspecified atom stereocenters. The number of non-ortho nitro benzene ring substituents is 1. The van der Waals surface area contributed by atoms with Crippen molar-refractivity contribution in [1.29, 1.82) is 0 Å². The quantitative estimate of drug-likeness (QED) is 0.132. The zero-order valence-electron chi connectivity index (χ0n) is 24.6. The van der Waals surface area contributed by atoms with Gasteiger partial charge in [0.2, 0.25) is 0 Å². The third kappa shape index (κ3) is 6.71. The summed E-state index contributed by atoms with van der Waals surface area (Å²) in [6, 6.07) is 36.4. The fourth-order valence-corrected chi connectivity index (χ4v) is 5.49. The van der Waals surface area contributed by atoms with E-state index < -0.39 is 22.8 Å². The van der Waals surface area contributed by atoms with Crippen LogP contribution in [-0.2, 0) is 17.9 Å². The number of rotatable bonds is 10. The second kappa shape index (κ2) is 13.3. The van der Waals surface area contributed by atoms with Crippen LogP contribution in [0.3, 0.4) is 0 Å². The number of nitro groups is 1. The lowest BCUT2D eigenvalue weighted by Crippen LogP contribution is -2.48. The predicted molar refractivity (Wildman–Crippen MR) is 172 cm³/mol. The van der Waals surface area contributed by atoms with E-state index in [-0.39, 0.29) is 30.3 Å². The number of nitrogens with one attached hydrogen (secondary N) is 1. The summed E-state index contributed by atoms with van der Waals surface area (Å²) in [5.41, 5.74) is 3.83.